The van der Waals surface area contributed by atoms with Gasteiger partial charge in [0.1, 0.15) is 6.29 Å². The van der Waals surface area contributed by atoms with Gasteiger partial charge in [0.05, 0.1) is 5.25 Å². The van der Waals surface area contributed by atoms with Crippen molar-refractivity contribution < 1.29 is 4.79 Å². The summed E-state index contributed by atoms with van der Waals surface area (Å²) in [5, 5.41) is 1.75. The summed E-state index contributed by atoms with van der Waals surface area (Å²) in [6.07, 6.45) is 4.17. The zero-order valence-electron chi connectivity index (χ0n) is 4.15. The Morgan fingerprint density at radius 1 is 1.75 bits per heavy atom. The quantitative estimate of drug-likeness (QED) is 0.488. The molecule has 1 atom stereocenters. The SMILES string of the molecule is O=CC1C=NC=CS1. The highest BCUT2D eigenvalue weighted by Crippen LogP contribution is 2.11. The molecule has 8 heavy (non-hydrogen) atoms. The molecule has 0 fully saturated rings. The van der Waals surface area contributed by atoms with Gasteiger partial charge in [-0.3, -0.25) is 4.99 Å². The third-order valence-electron chi connectivity index (χ3n) is 0.750. The van der Waals surface area contributed by atoms with Crippen molar-refractivity contribution >= 4 is 24.3 Å². The first-order valence-corrected chi connectivity index (χ1v) is 3.17. The van der Waals surface area contributed by atoms with Crippen molar-refractivity contribution in [1.29, 1.82) is 0 Å². The molecule has 1 heterocycles. The normalized spacial score (nSPS) is 25.8. The summed E-state index contributed by atoms with van der Waals surface area (Å²) in [4.78, 5) is 13.8. The maximum Gasteiger partial charge on any atom is 0.138 e. The van der Waals surface area contributed by atoms with Gasteiger partial charge < -0.3 is 4.79 Å². The Morgan fingerprint density at radius 3 is 3.00 bits per heavy atom. The van der Waals surface area contributed by atoms with Crippen molar-refractivity contribution in [2.45, 2.75) is 5.25 Å². The van der Waals surface area contributed by atoms with E-state index in [0.29, 0.717) is 0 Å². The molecule has 0 saturated carbocycles. The maximum absolute atomic E-state index is 10.0. The molecule has 0 saturated heterocycles. The van der Waals surface area contributed by atoms with Crippen molar-refractivity contribution in [3.05, 3.63) is 11.6 Å². The van der Waals surface area contributed by atoms with E-state index in [2.05, 4.69) is 4.99 Å². The van der Waals surface area contributed by atoms with E-state index in [1.54, 1.807) is 17.8 Å². The summed E-state index contributed by atoms with van der Waals surface area (Å²) in [6.45, 7) is 0. The lowest BCUT2D eigenvalue weighted by molar-refractivity contribution is -0.106. The van der Waals surface area contributed by atoms with Crippen LogP contribution in [0.4, 0.5) is 0 Å². The number of nitrogens with zero attached hydrogens (tertiary/aromatic N) is 1. The second-order valence-electron chi connectivity index (χ2n) is 1.32. The van der Waals surface area contributed by atoms with E-state index < -0.39 is 0 Å². The van der Waals surface area contributed by atoms with Gasteiger partial charge in [0.15, 0.2) is 0 Å². The second kappa shape index (κ2) is 2.67. The highest BCUT2D eigenvalue weighted by Gasteiger charge is 2.02. The van der Waals surface area contributed by atoms with Crippen molar-refractivity contribution in [3.63, 3.8) is 0 Å². The van der Waals surface area contributed by atoms with Crippen molar-refractivity contribution in [2.75, 3.05) is 0 Å². The molecule has 2 nitrogen and oxygen atoms in total. The first kappa shape index (κ1) is 5.56. The molecule has 3 heteroatoms. The third kappa shape index (κ3) is 1.20. The molecule has 0 aromatic carbocycles. The number of hydrogen-bond acceptors (Lipinski definition) is 3. The molecule has 0 aromatic heterocycles. The lowest BCUT2D eigenvalue weighted by atomic mass is 10.5. The topological polar surface area (TPSA) is 29.4 Å². The molecule has 1 aliphatic heterocycles. The second-order valence-corrected chi connectivity index (χ2v) is 2.41. The summed E-state index contributed by atoms with van der Waals surface area (Å²) >= 11 is 1.47. The van der Waals surface area contributed by atoms with E-state index in [-0.39, 0.29) is 5.25 Å². The van der Waals surface area contributed by atoms with E-state index in [0.717, 1.165) is 6.29 Å². The zero-order valence-corrected chi connectivity index (χ0v) is 4.97. The monoisotopic (exact) mass is 127 g/mol. The van der Waals surface area contributed by atoms with Gasteiger partial charge in [-0.1, -0.05) is 0 Å². The largest absolute Gasteiger partial charge is 0.302 e. The van der Waals surface area contributed by atoms with E-state index in [1.807, 2.05) is 0 Å². The molecule has 1 aliphatic rings. The molecule has 1 unspecified atom stereocenters. The molecule has 42 valence electrons. The first-order valence-electron chi connectivity index (χ1n) is 2.22. The Bertz CT molecular complexity index is 141. The predicted octanol–water partition coefficient (Wildman–Crippen LogP) is 0.843. The van der Waals surface area contributed by atoms with E-state index in [1.165, 1.54) is 11.8 Å². The minimum absolute atomic E-state index is 0.0556. The molecule has 0 amide bonds. The van der Waals surface area contributed by atoms with Gasteiger partial charge >= 0.3 is 0 Å². The summed E-state index contributed by atoms with van der Waals surface area (Å²) in [7, 11) is 0. The van der Waals surface area contributed by atoms with Gasteiger partial charge in [-0.25, -0.2) is 0 Å². The number of hydrogen-bond donors (Lipinski definition) is 0. The Balaban J connectivity index is 2.51. The summed E-state index contributed by atoms with van der Waals surface area (Å²) in [5.41, 5.74) is 0. The molecule has 0 aliphatic carbocycles. The van der Waals surface area contributed by atoms with Crippen LogP contribution in [0.5, 0.6) is 0 Å². The summed E-state index contributed by atoms with van der Waals surface area (Å²) in [6, 6.07) is 0. The standard InChI is InChI=1S/C5H5NOS/c7-4-5-3-6-1-2-8-5/h1-5H. The Hall–Kier alpha value is -0.570. The molecule has 0 aromatic rings. The highest BCUT2D eigenvalue weighted by molar-refractivity contribution is 8.04. The van der Waals surface area contributed by atoms with Crippen LogP contribution in [0.2, 0.25) is 0 Å². The van der Waals surface area contributed by atoms with Crippen molar-refractivity contribution in [2.24, 2.45) is 4.99 Å². The van der Waals surface area contributed by atoms with Gasteiger partial charge in [-0.2, -0.15) is 0 Å². The van der Waals surface area contributed by atoms with Crippen molar-refractivity contribution in [1.82, 2.24) is 0 Å². The van der Waals surface area contributed by atoms with Crippen molar-refractivity contribution in [3.8, 4) is 0 Å². The molecular formula is C5H5NOS. The number of aliphatic imine (C=N–C) groups is 1. The van der Waals surface area contributed by atoms with Crippen LogP contribution in [-0.2, 0) is 4.79 Å². The van der Waals surface area contributed by atoms with E-state index >= 15 is 0 Å². The van der Waals surface area contributed by atoms with Gasteiger partial charge in [-0.15, -0.1) is 11.8 Å². The zero-order chi connectivity index (χ0) is 5.82. The number of aldehydes is 1. The van der Waals surface area contributed by atoms with E-state index in [4.69, 9.17) is 0 Å². The number of carbonyl (C=O) groups excluding carboxylic acids is 1. The summed E-state index contributed by atoms with van der Waals surface area (Å²) in [5.74, 6) is 0. The first-order chi connectivity index (χ1) is 3.93. The Labute approximate surface area is 51.7 Å². The predicted molar refractivity (Wildman–Crippen MR) is 35.1 cm³/mol. The molecule has 0 bridgehead atoms. The van der Waals surface area contributed by atoms with Crippen LogP contribution in [-0.4, -0.2) is 17.8 Å². The molecule has 1 rings (SSSR count). The third-order valence-corrected chi connectivity index (χ3v) is 1.58. The average molecular weight is 127 g/mol. The van der Waals surface area contributed by atoms with Gasteiger partial charge in [0.25, 0.3) is 0 Å². The lowest BCUT2D eigenvalue weighted by Crippen LogP contribution is -2.05. The van der Waals surface area contributed by atoms with Crippen LogP contribution in [0, 0.1) is 0 Å². The number of carbonyl (C=O) groups is 1. The molecular weight excluding hydrogens is 122 g/mol. The Kier molecular flexibility index (Phi) is 1.86. The highest BCUT2D eigenvalue weighted by atomic mass is 32.2. The fourth-order valence-corrected chi connectivity index (χ4v) is 0.925. The number of thioether (sulfide) groups is 1. The van der Waals surface area contributed by atoms with Crippen LogP contribution in [0.3, 0.4) is 0 Å². The molecule has 0 N–H and O–H groups in total. The smallest absolute Gasteiger partial charge is 0.138 e. The van der Waals surface area contributed by atoms with Gasteiger partial charge in [0, 0.05) is 12.4 Å². The minimum atomic E-state index is -0.0556. The van der Waals surface area contributed by atoms with Gasteiger partial charge in [-0.05, 0) is 5.41 Å². The van der Waals surface area contributed by atoms with Crippen LogP contribution >= 0.6 is 11.8 Å². The summed E-state index contributed by atoms with van der Waals surface area (Å²) < 4.78 is 0. The van der Waals surface area contributed by atoms with Crippen LogP contribution in [0.1, 0.15) is 0 Å². The van der Waals surface area contributed by atoms with Gasteiger partial charge in [0.2, 0.25) is 0 Å². The number of rotatable bonds is 1. The fourth-order valence-electron chi connectivity index (χ4n) is 0.398. The van der Waals surface area contributed by atoms with E-state index in [9.17, 15) is 4.79 Å². The minimum Gasteiger partial charge on any atom is -0.302 e. The molecule has 0 radical (unpaired) electrons. The average Bonchev–Trinajstić information content (AvgIpc) is 1.90. The molecule has 0 spiro atoms. The maximum atomic E-state index is 10.0. The lowest BCUT2D eigenvalue weighted by Gasteiger charge is -1.99. The fraction of sp³-hybridized carbons (Fsp3) is 0.200. The van der Waals surface area contributed by atoms with Crippen LogP contribution in [0.25, 0.3) is 0 Å². The van der Waals surface area contributed by atoms with Crippen LogP contribution in [0.15, 0.2) is 16.6 Å². The Morgan fingerprint density at radius 2 is 2.62 bits per heavy atom. The van der Waals surface area contributed by atoms with Crippen LogP contribution < -0.4 is 0 Å².